The molecule has 2 aliphatic rings. The second-order valence-electron chi connectivity index (χ2n) is 9.42. The zero-order chi connectivity index (χ0) is 20.8. The number of fused-ring (bicyclic) bond motifs is 1. The molecule has 0 saturated carbocycles. The fourth-order valence-corrected chi connectivity index (χ4v) is 4.28. The van der Waals surface area contributed by atoms with Gasteiger partial charge in [-0.25, -0.2) is 9.50 Å². The van der Waals surface area contributed by atoms with Crippen molar-refractivity contribution in [3.8, 4) is 0 Å². The van der Waals surface area contributed by atoms with Gasteiger partial charge in [-0.3, -0.25) is 0 Å². The first-order valence-electron chi connectivity index (χ1n) is 10.4. The molecule has 2 fully saturated rings. The summed E-state index contributed by atoms with van der Waals surface area (Å²) in [4.78, 5) is 6.94. The van der Waals surface area contributed by atoms with E-state index in [4.69, 9.17) is 4.74 Å². The molecule has 0 radical (unpaired) electrons. The minimum atomic E-state index is -4.48. The van der Waals surface area contributed by atoms with Gasteiger partial charge in [0.15, 0.2) is 5.65 Å². The quantitative estimate of drug-likeness (QED) is 0.758. The zero-order valence-electron chi connectivity index (χ0n) is 17.3. The average Bonchev–Trinajstić information content (AvgIpc) is 3.29. The van der Waals surface area contributed by atoms with E-state index >= 15 is 0 Å². The molecule has 2 aliphatic heterocycles. The van der Waals surface area contributed by atoms with E-state index in [0.717, 1.165) is 68.4 Å². The number of aromatic nitrogens is 3. The Morgan fingerprint density at radius 1 is 1.10 bits per heavy atom. The van der Waals surface area contributed by atoms with Crippen LogP contribution in [0.4, 0.5) is 13.2 Å². The second-order valence-corrected chi connectivity index (χ2v) is 9.42. The van der Waals surface area contributed by atoms with E-state index in [0.29, 0.717) is 11.6 Å². The average molecular weight is 410 g/mol. The molecule has 0 spiro atoms. The van der Waals surface area contributed by atoms with E-state index in [9.17, 15) is 13.2 Å². The van der Waals surface area contributed by atoms with Gasteiger partial charge >= 0.3 is 6.18 Å². The maximum absolute atomic E-state index is 13.7. The number of hydrogen-bond donors (Lipinski definition) is 0. The van der Waals surface area contributed by atoms with Crippen LogP contribution in [0.15, 0.2) is 12.1 Å². The van der Waals surface area contributed by atoms with Crippen molar-refractivity contribution in [3.05, 3.63) is 29.2 Å². The summed E-state index contributed by atoms with van der Waals surface area (Å²) < 4.78 is 47.5. The maximum Gasteiger partial charge on any atom is 0.433 e. The van der Waals surface area contributed by atoms with E-state index < -0.39 is 17.3 Å². The number of ether oxygens (including phenoxy) is 1. The van der Waals surface area contributed by atoms with Crippen LogP contribution in [0.1, 0.15) is 63.0 Å². The molecule has 0 bridgehead atoms. The van der Waals surface area contributed by atoms with Crippen LogP contribution in [0.5, 0.6) is 0 Å². The summed E-state index contributed by atoms with van der Waals surface area (Å²) in [6.45, 7) is 10.2. The highest BCUT2D eigenvalue weighted by atomic mass is 19.4. The van der Waals surface area contributed by atoms with Crippen LogP contribution >= 0.6 is 0 Å². The van der Waals surface area contributed by atoms with Crippen LogP contribution < -0.4 is 0 Å². The van der Waals surface area contributed by atoms with E-state index in [-0.39, 0.29) is 11.6 Å². The number of nitrogens with zero attached hydrogens (tertiary/aromatic N) is 4. The smallest absolute Gasteiger partial charge is 0.381 e. The Balaban J connectivity index is 1.56. The molecule has 2 saturated heterocycles. The third-order valence-electron chi connectivity index (χ3n) is 6.05. The zero-order valence-corrected chi connectivity index (χ0v) is 17.3. The number of rotatable bonds is 3. The van der Waals surface area contributed by atoms with Crippen molar-refractivity contribution in [1.29, 1.82) is 0 Å². The minimum absolute atomic E-state index is 0.173. The molecule has 0 aliphatic carbocycles. The molecule has 1 atom stereocenters. The van der Waals surface area contributed by atoms with E-state index in [1.54, 1.807) is 6.07 Å². The Bertz CT molecular complexity index is 857. The summed E-state index contributed by atoms with van der Waals surface area (Å²) in [6, 6.07) is 2.88. The summed E-state index contributed by atoms with van der Waals surface area (Å²) >= 11 is 0. The first-order chi connectivity index (χ1) is 13.6. The molecular formula is C21H29F3N4O. The van der Waals surface area contributed by atoms with Gasteiger partial charge in [0.05, 0.1) is 18.0 Å². The molecule has 2 aromatic heterocycles. The topological polar surface area (TPSA) is 42.7 Å². The molecule has 1 unspecified atom stereocenters. The van der Waals surface area contributed by atoms with Crippen molar-refractivity contribution < 1.29 is 17.9 Å². The monoisotopic (exact) mass is 410 g/mol. The SMILES string of the molecule is CC(C)(C)c1cc(C(F)(F)F)n2nc(C3CCN(CC4CCOC4)CC3)cc2n1. The molecular weight excluding hydrogens is 381 g/mol. The molecule has 0 N–H and O–H groups in total. The Morgan fingerprint density at radius 2 is 1.83 bits per heavy atom. The third kappa shape index (κ3) is 4.43. The maximum atomic E-state index is 13.7. The predicted molar refractivity (Wildman–Crippen MR) is 104 cm³/mol. The number of piperidine rings is 1. The number of alkyl halides is 3. The summed E-state index contributed by atoms with van der Waals surface area (Å²) in [5, 5.41) is 4.35. The van der Waals surface area contributed by atoms with Crippen molar-refractivity contribution in [2.75, 3.05) is 32.8 Å². The lowest BCUT2D eigenvalue weighted by atomic mass is 9.91. The lowest BCUT2D eigenvalue weighted by molar-refractivity contribution is -0.142. The molecule has 0 aromatic carbocycles. The number of halogens is 3. The molecule has 4 heterocycles. The van der Waals surface area contributed by atoms with Crippen LogP contribution in [0.2, 0.25) is 0 Å². The highest BCUT2D eigenvalue weighted by molar-refractivity contribution is 5.44. The van der Waals surface area contributed by atoms with Gasteiger partial charge in [0.25, 0.3) is 0 Å². The highest BCUT2D eigenvalue weighted by Crippen LogP contribution is 2.34. The molecule has 8 heteroatoms. The van der Waals surface area contributed by atoms with Crippen molar-refractivity contribution >= 4 is 5.65 Å². The summed E-state index contributed by atoms with van der Waals surface area (Å²) in [7, 11) is 0. The standard InChI is InChI=1S/C21H29F3N4O/c1-20(2,3)17-11-18(21(22,23)24)28-19(25-17)10-16(26-28)15-4-7-27(8-5-15)12-14-6-9-29-13-14/h10-11,14-15H,4-9,12-13H2,1-3H3. The fraction of sp³-hybridized carbons (Fsp3) is 0.714. The third-order valence-corrected chi connectivity index (χ3v) is 6.05. The minimum Gasteiger partial charge on any atom is -0.381 e. The summed E-state index contributed by atoms with van der Waals surface area (Å²) in [5.74, 6) is 0.781. The first kappa shape index (κ1) is 20.6. The lowest BCUT2D eigenvalue weighted by Crippen LogP contribution is -2.36. The highest BCUT2D eigenvalue weighted by Gasteiger charge is 2.37. The Morgan fingerprint density at radius 3 is 2.41 bits per heavy atom. The largest absolute Gasteiger partial charge is 0.433 e. The number of likely N-dealkylation sites (tertiary alicyclic amines) is 1. The Labute approximate surface area is 169 Å². The molecule has 2 aromatic rings. The van der Waals surface area contributed by atoms with Crippen LogP contribution in [0.3, 0.4) is 0 Å². The van der Waals surface area contributed by atoms with Gasteiger partial charge in [-0.2, -0.15) is 18.3 Å². The van der Waals surface area contributed by atoms with Crippen LogP contribution in [0.25, 0.3) is 5.65 Å². The van der Waals surface area contributed by atoms with Gasteiger partial charge in [0, 0.05) is 30.6 Å². The molecule has 0 amide bonds. The number of hydrogen-bond acceptors (Lipinski definition) is 4. The Kier molecular flexibility index (Phi) is 5.36. The van der Waals surface area contributed by atoms with Crippen molar-refractivity contribution in [2.24, 2.45) is 5.92 Å². The summed E-state index contributed by atoms with van der Waals surface area (Å²) in [5.41, 5.74) is 0.208. The van der Waals surface area contributed by atoms with Crippen molar-refractivity contribution in [1.82, 2.24) is 19.5 Å². The second kappa shape index (κ2) is 7.54. The normalized spacial score (nSPS) is 22.6. The molecule has 4 rings (SSSR count). The molecule has 5 nitrogen and oxygen atoms in total. The van der Waals surface area contributed by atoms with Gasteiger partial charge in [0.1, 0.15) is 5.69 Å². The van der Waals surface area contributed by atoms with Gasteiger partial charge in [0.2, 0.25) is 0 Å². The van der Waals surface area contributed by atoms with E-state index in [2.05, 4.69) is 15.0 Å². The fourth-order valence-electron chi connectivity index (χ4n) is 4.28. The van der Waals surface area contributed by atoms with Crippen LogP contribution in [-0.2, 0) is 16.3 Å². The molecule has 160 valence electrons. The van der Waals surface area contributed by atoms with Crippen LogP contribution in [-0.4, -0.2) is 52.3 Å². The predicted octanol–water partition coefficient (Wildman–Crippen LogP) is 4.26. The summed E-state index contributed by atoms with van der Waals surface area (Å²) in [6.07, 6.45) is -1.54. The van der Waals surface area contributed by atoms with Gasteiger partial charge in [-0.05, 0) is 44.3 Å². The van der Waals surface area contributed by atoms with Gasteiger partial charge < -0.3 is 9.64 Å². The van der Waals surface area contributed by atoms with Crippen molar-refractivity contribution in [2.45, 2.75) is 57.5 Å². The van der Waals surface area contributed by atoms with Gasteiger partial charge in [-0.15, -0.1) is 0 Å². The van der Waals surface area contributed by atoms with Crippen LogP contribution in [0, 0.1) is 5.92 Å². The van der Waals surface area contributed by atoms with E-state index in [1.807, 2.05) is 20.8 Å². The lowest BCUT2D eigenvalue weighted by Gasteiger charge is -2.32. The van der Waals surface area contributed by atoms with Gasteiger partial charge in [-0.1, -0.05) is 20.8 Å². The molecule has 29 heavy (non-hydrogen) atoms. The Hall–Kier alpha value is -1.67. The van der Waals surface area contributed by atoms with Crippen molar-refractivity contribution in [3.63, 3.8) is 0 Å². The first-order valence-corrected chi connectivity index (χ1v) is 10.4. The van der Waals surface area contributed by atoms with E-state index in [1.165, 1.54) is 0 Å².